The van der Waals surface area contributed by atoms with Crippen LogP contribution in [0.2, 0.25) is 0 Å². The first-order chi connectivity index (χ1) is 7.94. The van der Waals surface area contributed by atoms with E-state index in [1.165, 1.54) is 13.8 Å². The van der Waals surface area contributed by atoms with Crippen molar-refractivity contribution in [2.75, 3.05) is 0 Å². The van der Waals surface area contributed by atoms with E-state index >= 15 is 0 Å². The number of alkyl halides is 6. The molecule has 0 saturated heterocycles. The summed E-state index contributed by atoms with van der Waals surface area (Å²) in [5.74, 6) is -0.430. The SMILES string of the molecule is CC(C)c1cc(C(F)(F)F)c(Br)c(C(F)(F)F)c1. The number of benzene rings is 1. The monoisotopic (exact) mass is 334 g/mol. The van der Waals surface area contributed by atoms with Crippen LogP contribution in [-0.2, 0) is 12.4 Å². The van der Waals surface area contributed by atoms with Gasteiger partial charge in [0.15, 0.2) is 0 Å². The smallest absolute Gasteiger partial charge is 0.166 e. The van der Waals surface area contributed by atoms with Gasteiger partial charge < -0.3 is 0 Å². The molecule has 0 N–H and O–H groups in total. The summed E-state index contributed by atoms with van der Waals surface area (Å²) in [5, 5.41) is 0. The molecule has 0 radical (unpaired) electrons. The van der Waals surface area contributed by atoms with Crippen molar-refractivity contribution in [1.29, 1.82) is 0 Å². The van der Waals surface area contributed by atoms with E-state index in [0.29, 0.717) is 0 Å². The van der Waals surface area contributed by atoms with Gasteiger partial charge in [-0.3, -0.25) is 0 Å². The minimum atomic E-state index is -4.83. The average Bonchev–Trinajstić information content (AvgIpc) is 2.13. The van der Waals surface area contributed by atoms with Gasteiger partial charge in [0.25, 0.3) is 0 Å². The largest absolute Gasteiger partial charge is 0.417 e. The van der Waals surface area contributed by atoms with Crippen molar-refractivity contribution in [1.82, 2.24) is 0 Å². The Labute approximate surface area is 108 Å². The third-order valence-corrected chi connectivity index (χ3v) is 3.23. The summed E-state index contributed by atoms with van der Waals surface area (Å²) in [6.45, 7) is 3.06. The summed E-state index contributed by atoms with van der Waals surface area (Å²) < 4.78 is 75.0. The molecular formula is C11H9BrF6. The fraction of sp³-hybridized carbons (Fsp3) is 0.455. The Bertz CT molecular complexity index is 409. The molecule has 0 fully saturated rings. The first-order valence-electron chi connectivity index (χ1n) is 4.92. The van der Waals surface area contributed by atoms with Crippen LogP contribution in [0.15, 0.2) is 16.6 Å². The van der Waals surface area contributed by atoms with Crippen LogP contribution in [0.3, 0.4) is 0 Å². The normalized spacial score (nSPS) is 13.2. The van der Waals surface area contributed by atoms with Crippen LogP contribution in [-0.4, -0.2) is 0 Å². The maximum absolute atomic E-state index is 12.7. The highest BCUT2D eigenvalue weighted by molar-refractivity contribution is 9.10. The Morgan fingerprint density at radius 3 is 1.44 bits per heavy atom. The first kappa shape index (κ1) is 15.3. The van der Waals surface area contributed by atoms with Gasteiger partial charge in [0.05, 0.1) is 11.1 Å². The molecule has 0 heterocycles. The van der Waals surface area contributed by atoms with E-state index < -0.39 is 33.9 Å². The lowest BCUT2D eigenvalue weighted by Crippen LogP contribution is -2.14. The van der Waals surface area contributed by atoms with Crippen molar-refractivity contribution in [3.05, 3.63) is 33.3 Å². The van der Waals surface area contributed by atoms with E-state index in [1.807, 2.05) is 0 Å². The molecule has 0 nitrogen and oxygen atoms in total. The fourth-order valence-corrected chi connectivity index (χ4v) is 2.07. The highest BCUT2D eigenvalue weighted by Gasteiger charge is 2.40. The van der Waals surface area contributed by atoms with Crippen molar-refractivity contribution in [3.8, 4) is 0 Å². The van der Waals surface area contributed by atoms with Crippen molar-refractivity contribution in [3.63, 3.8) is 0 Å². The lowest BCUT2D eigenvalue weighted by molar-refractivity contribution is -0.144. The minimum absolute atomic E-state index is 0.00199. The quantitative estimate of drug-likeness (QED) is 0.585. The number of hydrogen-bond donors (Lipinski definition) is 0. The van der Waals surface area contributed by atoms with Crippen LogP contribution in [0, 0.1) is 0 Å². The lowest BCUT2D eigenvalue weighted by Gasteiger charge is -2.18. The summed E-state index contributed by atoms with van der Waals surface area (Å²) in [6.07, 6.45) is -9.66. The van der Waals surface area contributed by atoms with Gasteiger partial charge in [-0.2, -0.15) is 26.3 Å². The van der Waals surface area contributed by atoms with Gasteiger partial charge in [0.1, 0.15) is 0 Å². The summed E-state index contributed by atoms with van der Waals surface area (Å²) in [6, 6.07) is 1.48. The van der Waals surface area contributed by atoms with E-state index in [9.17, 15) is 26.3 Å². The third-order valence-electron chi connectivity index (χ3n) is 2.37. The highest BCUT2D eigenvalue weighted by atomic mass is 79.9. The molecule has 0 amide bonds. The Kier molecular flexibility index (Phi) is 4.05. The second kappa shape index (κ2) is 4.75. The molecule has 0 atom stereocenters. The number of halogens is 7. The summed E-state index contributed by atoms with van der Waals surface area (Å²) in [4.78, 5) is 0. The maximum Gasteiger partial charge on any atom is 0.417 e. The number of rotatable bonds is 1. The summed E-state index contributed by atoms with van der Waals surface area (Å²) in [5.41, 5.74) is -2.61. The zero-order valence-electron chi connectivity index (χ0n) is 9.38. The standard InChI is InChI=1S/C11H9BrF6/c1-5(2)6-3-7(10(13,14)15)9(12)8(4-6)11(16,17)18/h3-5H,1-2H3. The lowest BCUT2D eigenvalue weighted by atomic mass is 9.97. The maximum atomic E-state index is 12.7. The molecule has 1 aromatic carbocycles. The topological polar surface area (TPSA) is 0 Å². The van der Waals surface area contributed by atoms with Gasteiger partial charge in [0.2, 0.25) is 0 Å². The summed E-state index contributed by atoms with van der Waals surface area (Å²) in [7, 11) is 0. The molecule has 0 aromatic heterocycles. The van der Waals surface area contributed by atoms with Gasteiger partial charge in [-0.1, -0.05) is 13.8 Å². The Balaban J connectivity index is 3.59. The zero-order valence-corrected chi connectivity index (χ0v) is 11.0. The van der Waals surface area contributed by atoms with E-state index in [2.05, 4.69) is 15.9 Å². The molecule has 18 heavy (non-hydrogen) atoms. The predicted molar refractivity (Wildman–Crippen MR) is 58.2 cm³/mol. The zero-order chi connectivity index (χ0) is 14.3. The Hall–Kier alpha value is -0.720. The van der Waals surface area contributed by atoms with Crippen LogP contribution >= 0.6 is 15.9 Å². The van der Waals surface area contributed by atoms with Crippen LogP contribution < -0.4 is 0 Å². The molecule has 0 aliphatic rings. The van der Waals surface area contributed by atoms with Crippen molar-refractivity contribution in [2.45, 2.75) is 32.1 Å². The minimum Gasteiger partial charge on any atom is -0.166 e. The Morgan fingerprint density at radius 1 is 0.889 bits per heavy atom. The van der Waals surface area contributed by atoms with Crippen LogP contribution in [0.4, 0.5) is 26.3 Å². The van der Waals surface area contributed by atoms with Crippen LogP contribution in [0.25, 0.3) is 0 Å². The van der Waals surface area contributed by atoms with Crippen LogP contribution in [0.5, 0.6) is 0 Å². The average molecular weight is 335 g/mol. The van der Waals surface area contributed by atoms with E-state index in [4.69, 9.17) is 0 Å². The molecule has 0 spiro atoms. The van der Waals surface area contributed by atoms with Gasteiger partial charge in [-0.05, 0) is 39.5 Å². The van der Waals surface area contributed by atoms with Gasteiger partial charge >= 0.3 is 12.4 Å². The van der Waals surface area contributed by atoms with Crippen molar-refractivity contribution in [2.24, 2.45) is 0 Å². The molecule has 0 aliphatic heterocycles. The molecule has 1 rings (SSSR count). The Morgan fingerprint density at radius 2 is 1.22 bits per heavy atom. The van der Waals surface area contributed by atoms with E-state index in [-0.39, 0.29) is 5.56 Å². The van der Waals surface area contributed by atoms with Gasteiger partial charge in [-0.15, -0.1) is 0 Å². The van der Waals surface area contributed by atoms with Crippen molar-refractivity contribution >= 4 is 15.9 Å². The molecule has 0 saturated carbocycles. The molecule has 1 aromatic rings. The van der Waals surface area contributed by atoms with Crippen molar-refractivity contribution < 1.29 is 26.3 Å². The highest BCUT2D eigenvalue weighted by Crippen LogP contribution is 2.43. The van der Waals surface area contributed by atoms with Crippen LogP contribution in [0.1, 0.15) is 36.5 Å². The first-order valence-corrected chi connectivity index (χ1v) is 5.71. The third kappa shape index (κ3) is 3.18. The molecule has 7 heteroatoms. The van der Waals surface area contributed by atoms with Gasteiger partial charge in [0, 0.05) is 4.47 Å². The summed E-state index contributed by atoms with van der Waals surface area (Å²) >= 11 is 2.40. The molecule has 0 aliphatic carbocycles. The molecular weight excluding hydrogens is 326 g/mol. The predicted octanol–water partition coefficient (Wildman–Crippen LogP) is 5.61. The van der Waals surface area contributed by atoms with E-state index in [1.54, 1.807) is 0 Å². The fourth-order valence-electron chi connectivity index (χ4n) is 1.39. The number of hydrogen-bond acceptors (Lipinski definition) is 0. The molecule has 0 bridgehead atoms. The van der Waals surface area contributed by atoms with E-state index in [0.717, 1.165) is 12.1 Å². The second-order valence-electron chi connectivity index (χ2n) is 4.08. The van der Waals surface area contributed by atoms with Gasteiger partial charge in [-0.25, -0.2) is 0 Å². The second-order valence-corrected chi connectivity index (χ2v) is 4.87. The molecule has 102 valence electrons. The molecule has 0 unspecified atom stereocenters.